The number of carbonyl (C=O) groups is 1. The Morgan fingerprint density at radius 1 is 1.08 bits per heavy atom. The Balaban J connectivity index is 1.32. The Labute approximate surface area is 220 Å². The van der Waals surface area contributed by atoms with Gasteiger partial charge in [0.05, 0.1) is 12.8 Å². The lowest BCUT2D eigenvalue weighted by Crippen LogP contribution is -2.35. The molecule has 0 saturated carbocycles. The molecule has 4 aromatic rings. The van der Waals surface area contributed by atoms with Gasteiger partial charge in [0.2, 0.25) is 12.5 Å². The molecule has 1 aromatic heterocycles. The number of fused-ring (bicyclic) bond motifs is 2. The molecule has 3 heterocycles. The van der Waals surface area contributed by atoms with Gasteiger partial charge in [-0.1, -0.05) is 6.07 Å². The van der Waals surface area contributed by atoms with Gasteiger partial charge in [-0.05, 0) is 96.9 Å². The number of amides is 1. The molecule has 0 aliphatic carbocycles. The molecule has 1 amide bonds. The SMILES string of the molecule is COc1c2c(cc3c1[C@H](c1nnnn1-c1ccc(C(=O)Nc4cc(C)cc(C)c4)cc1)N(C)CC3)OCO2. The summed E-state index contributed by atoms with van der Waals surface area (Å²) in [7, 11) is 3.67. The molecule has 0 saturated heterocycles. The number of nitrogens with zero attached hydrogens (tertiary/aromatic N) is 5. The molecule has 0 radical (unpaired) electrons. The van der Waals surface area contributed by atoms with Crippen LogP contribution in [0.1, 0.15) is 44.5 Å². The lowest BCUT2D eigenvalue weighted by molar-refractivity contribution is 0.102. The van der Waals surface area contributed by atoms with E-state index in [4.69, 9.17) is 14.2 Å². The molecule has 6 rings (SSSR count). The molecule has 0 fully saturated rings. The predicted molar refractivity (Wildman–Crippen MR) is 140 cm³/mol. The lowest BCUT2D eigenvalue weighted by Gasteiger charge is -2.34. The summed E-state index contributed by atoms with van der Waals surface area (Å²) in [6.07, 6.45) is 0.834. The Hall–Kier alpha value is -4.44. The van der Waals surface area contributed by atoms with Gasteiger partial charge < -0.3 is 19.5 Å². The molecule has 0 bridgehead atoms. The smallest absolute Gasteiger partial charge is 0.255 e. The number of hydrogen-bond donors (Lipinski definition) is 1. The van der Waals surface area contributed by atoms with Crippen LogP contribution >= 0.6 is 0 Å². The highest BCUT2D eigenvalue weighted by Crippen LogP contribution is 2.50. The minimum absolute atomic E-state index is 0.163. The van der Waals surface area contributed by atoms with E-state index < -0.39 is 0 Å². The largest absolute Gasteiger partial charge is 0.492 e. The highest BCUT2D eigenvalue weighted by atomic mass is 16.7. The summed E-state index contributed by atoms with van der Waals surface area (Å²) in [6, 6.07) is 15.0. The highest BCUT2D eigenvalue weighted by Gasteiger charge is 2.37. The fourth-order valence-electron chi connectivity index (χ4n) is 5.31. The molecule has 194 valence electrons. The zero-order chi connectivity index (χ0) is 26.4. The number of aromatic nitrogens is 4. The van der Waals surface area contributed by atoms with Crippen LogP contribution in [-0.4, -0.2) is 58.5 Å². The molecule has 0 unspecified atom stereocenters. The summed E-state index contributed by atoms with van der Waals surface area (Å²) in [5.74, 6) is 2.39. The molecule has 10 heteroatoms. The Kier molecular flexibility index (Phi) is 5.96. The van der Waals surface area contributed by atoms with Crippen molar-refractivity contribution in [3.8, 4) is 22.9 Å². The van der Waals surface area contributed by atoms with Crippen molar-refractivity contribution in [3.05, 3.63) is 82.2 Å². The summed E-state index contributed by atoms with van der Waals surface area (Å²) in [5, 5.41) is 15.7. The van der Waals surface area contributed by atoms with Gasteiger partial charge in [0.15, 0.2) is 17.3 Å². The van der Waals surface area contributed by atoms with Crippen molar-refractivity contribution in [2.45, 2.75) is 26.3 Å². The molecule has 1 N–H and O–H groups in total. The van der Waals surface area contributed by atoms with Crippen LogP contribution in [0.5, 0.6) is 17.2 Å². The number of aryl methyl sites for hydroxylation is 2. The van der Waals surface area contributed by atoms with Crippen molar-refractivity contribution >= 4 is 11.6 Å². The average Bonchev–Trinajstić information content (AvgIpc) is 3.57. The zero-order valence-corrected chi connectivity index (χ0v) is 21.7. The Bertz CT molecular complexity index is 1510. The third kappa shape index (κ3) is 4.12. The number of rotatable bonds is 5. The maximum Gasteiger partial charge on any atom is 0.255 e. The molecule has 0 spiro atoms. The summed E-state index contributed by atoms with van der Waals surface area (Å²) in [4.78, 5) is 15.1. The number of benzene rings is 3. The second-order valence-corrected chi connectivity index (χ2v) is 9.68. The van der Waals surface area contributed by atoms with Crippen molar-refractivity contribution < 1.29 is 19.0 Å². The van der Waals surface area contributed by atoms with E-state index in [1.165, 1.54) is 0 Å². The van der Waals surface area contributed by atoms with Crippen molar-refractivity contribution in [1.82, 2.24) is 25.1 Å². The quantitative estimate of drug-likeness (QED) is 0.430. The first-order valence-electron chi connectivity index (χ1n) is 12.4. The molecule has 10 nitrogen and oxygen atoms in total. The van der Waals surface area contributed by atoms with E-state index in [9.17, 15) is 4.79 Å². The number of ether oxygens (including phenoxy) is 3. The summed E-state index contributed by atoms with van der Waals surface area (Å²) < 4.78 is 18.9. The van der Waals surface area contributed by atoms with E-state index in [-0.39, 0.29) is 18.7 Å². The third-order valence-corrected chi connectivity index (χ3v) is 6.99. The van der Waals surface area contributed by atoms with Gasteiger partial charge in [0.1, 0.15) is 6.04 Å². The number of tetrazole rings is 1. The Morgan fingerprint density at radius 3 is 2.58 bits per heavy atom. The molecule has 3 aromatic carbocycles. The van der Waals surface area contributed by atoms with Gasteiger partial charge in [-0.2, -0.15) is 4.68 Å². The standard InChI is InChI=1S/C28H28N6O4/c1-16-11-17(2)13-20(12-16)29-28(35)18-5-7-21(8-6-18)34-27(30-31-32-34)24-23-19(9-10-33(24)3)14-22-25(26(23)36-4)38-15-37-22/h5-8,11-14,24H,9-10,15H2,1-4H3,(H,29,35)/t24-/m1/s1. The monoisotopic (exact) mass is 512 g/mol. The van der Waals surface area contributed by atoms with Gasteiger partial charge in [0.25, 0.3) is 5.91 Å². The van der Waals surface area contributed by atoms with Crippen LogP contribution < -0.4 is 19.5 Å². The van der Waals surface area contributed by atoms with Gasteiger partial charge >= 0.3 is 0 Å². The lowest BCUT2D eigenvalue weighted by atomic mass is 9.90. The topological polar surface area (TPSA) is 104 Å². The third-order valence-electron chi connectivity index (χ3n) is 6.99. The molecule has 2 aliphatic heterocycles. The van der Waals surface area contributed by atoms with Gasteiger partial charge in [-0.25, -0.2) is 0 Å². The van der Waals surface area contributed by atoms with Gasteiger partial charge in [0, 0.05) is 23.4 Å². The van der Waals surface area contributed by atoms with Crippen molar-refractivity contribution in [3.63, 3.8) is 0 Å². The van der Waals surface area contributed by atoms with Crippen LogP contribution in [0.4, 0.5) is 5.69 Å². The highest BCUT2D eigenvalue weighted by molar-refractivity contribution is 6.04. The van der Waals surface area contributed by atoms with Crippen LogP contribution in [0, 0.1) is 13.8 Å². The van der Waals surface area contributed by atoms with Gasteiger partial charge in [-0.15, -0.1) is 5.10 Å². The summed E-state index contributed by atoms with van der Waals surface area (Å²) in [5.41, 5.74) is 6.32. The number of likely N-dealkylation sites (N-methyl/N-ethyl adjacent to an activating group) is 1. The van der Waals surface area contributed by atoms with Crippen molar-refractivity contribution in [1.29, 1.82) is 0 Å². The average molecular weight is 513 g/mol. The first-order valence-corrected chi connectivity index (χ1v) is 12.4. The fraction of sp³-hybridized carbons (Fsp3) is 0.286. The number of anilines is 1. The number of carbonyl (C=O) groups excluding carboxylic acids is 1. The molecule has 38 heavy (non-hydrogen) atoms. The van der Waals surface area contributed by atoms with Crippen LogP contribution in [0.3, 0.4) is 0 Å². The van der Waals surface area contributed by atoms with E-state index in [0.717, 1.165) is 46.6 Å². The van der Waals surface area contributed by atoms with Crippen LogP contribution in [-0.2, 0) is 6.42 Å². The van der Waals surface area contributed by atoms with E-state index in [1.54, 1.807) is 23.9 Å². The first-order chi connectivity index (χ1) is 18.4. The van der Waals surface area contributed by atoms with Gasteiger partial charge in [-0.3, -0.25) is 9.69 Å². The van der Waals surface area contributed by atoms with E-state index in [2.05, 4.69) is 31.8 Å². The second-order valence-electron chi connectivity index (χ2n) is 9.68. The minimum atomic E-state index is -0.272. The number of nitrogens with one attached hydrogen (secondary N) is 1. The van der Waals surface area contributed by atoms with Crippen molar-refractivity contribution in [2.75, 3.05) is 32.8 Å². The maximum absolute atomic E-state index is 12.9. The summed E-state index contributed by atoms with van der Waals surface area (Å²) >= 11 is 0. The van der Waals surface area contributed by atoms with E-state index >= 15 is 0 Å². The van der Waals surface area contributed by atoms with Crippen LogP contribution in [0.25, 0.3) is 5.69 Å². The predicted octanol–water partition coefficient (Wildman–Crippen LogP) is 3.85. The minimum Gasteiger partial charge on any atom is -0.492 e. The molecular formula is C28H28N6O4. The van der Waals surface area contributed by atoms with Crippen LogP contribution in [0.2, 0.25) is 0 Å². The molecule has 2 aliphatic rings. The fourth-order valence-corrected chi connectivity index (χ4v) is 5.31. The normalized spacial score (nSPS) is 16.3. The molecular weight excluding hydrogens is 484 g/mol. The van der Waals surface area contributed by atoms with E-state index in [0.29, 0.717) is 28.6 Å². The zero-order valence-electron chi connectivity index (χ0n) is 21.7. The second kappa shape index (κ2) is 9.46. The Morgan fingerprint density at radius 2 is 1.84 bits per heavy atom. The summed E-state index contributed by atoms with van der Waals surface area (Å²) in [6.45, 7) is 4.99. The molecule has 1 atom stereocenters. The number of methoxy groups -OCH3 is 1. The van der Waals surface area contributed by atoms with E-state index in [1.807, 2.05) is 51.2 Å². The first kappa shape index (κ1) is 23.9. The number of hydrogen-bond acceptors (Lipinski definition) is 8. The van der Waals surface area contributed by atoms with Crippen molar-refractivity contribution in [2.24, 2.45) is 0 Å². The van der Waals surface area contributed by atoms with Crippen LogP contribution in [0.15, 0.2) is 48.5 Å². The maximum atomic E-state index is 12.9.